The fourth-order valence-electron chi connectivity index (χ4n) is 2.83. The van der Waals surface area contributed by atoms with E-state index in [1.54, 1.807) is 42.1 Å². The molecule has 1 aromatic heterocycles. The first-order chi connectivity index (χ1) is 13.9. The van der Waals surface area contributed by atoms with E-state index in [4.69, 9.17) is 6.42 Å². The van der Waals surface area contributed by atoms with Crippen molar-refractivity contribution in [3.63, 3.8) is 0 Å². The Kier molecular flexibility index (Phi) is 6.96. The molecule has 3 rings (SSSR count). The molecule has 0 radical (unpaired) electrons. The zero-order valence-corrected chi connectivity index (χ0v) is 18.3. The molecule has 0 unspecified atom stereocenters. The van der Waals surface area contributed by atoms with Crippen LogP contribution in [0, 0.1) is 12.3 Å². The Morgan fingerprint density at radius 2 is 2.00 bits per heavy atom. The van der Waals surface area contributed by atoms with E-state index in [1.165, 1.54) is 11.3 Å². The lowest BCUT2D eigenvalue weighted by atomic mass is 10.3. The minimum Gasteiger partial charge on any atom is -0.305 e. The number of terminal acetylenes is 1. The molecule has 0 spiro atoms. The second-order valence-electron chi connectivity index (χ2n) is 6.25. The molecule has 8 heteroatoms. The molecule has 1 amide bonds. The summed E-state index contributed by atoms with van der Waals surface area (Å²) in [4.78, 5) is 18.5. The first-order valence-corrected chi connectivity index (χ1v) is 12.6. The van der Waals surface area contributed by atoms with E-state index in [9.17, 15) is 13.2 Å². The normalized spacial score (nSPS) is 12.2. The second kappa shape index (κ2) is 9.44. The number of thioether (sulfide) groups is 1. The van der Waals surface area contributed by atoms with Crippen LogP contribution in [0.3, 0.4) is 0 Å². The van der Waals surface area contributed by atoms with Crippen LogP contribution in [-0.2, 0) is 21.2 Å². The predicted molar refractivity (Wildman–Crippen MR) is 119 cm³/mol. The molecule has 29 heavy (non-hydrogen) atoms. The third kappa shape index (κ3) is 5.18. The van der Waals surface area contributed by atoms with E-state index in [1.807, 2.05) is 29.0 Å². The van der Waals surface area contributed by atoms with Crippen LogP contribution in [0.4, 0.5) is 0 Å². The molecule has 1 heterocycles. The fraction of sp³-hybridized carbons (Fsp3) is 0.238. The van der Waals surface area contributed by atoms with Crippen molar-refractivity contribution in [3.05, 3.63) is 53.3 Å². The van der Waals surface area contributed by atoms with Crippen LogP contribution in [-0.4, -0.2) is 30.9 Å². The van der Waals surface area contributed by atoms with Crippen molar-refractivity contribution in [3.8, 4) is 12.3 Å². The van der Waals surface area contributed by atoms with Gasteiger partial charge < -0.3 is 4.57 Å². The van der Waals surface area contributed by atoms with Crippen molar-refractivity contribution < 1.29 is 13.2 Å². The summed E-state index contributed by atoms with van der Waals surface area (Å²) in [6.07, 6.45) is 7.77. The molecule has 0 saturated carbocycles. The van der Waals surface area contributed by atoms with Crippen LogP contribution in [0.5, 0.6) is 0 Å². The topological polar surface area (TPSA) is 68.5 Å². The third-order valence-corrected chi connectivity index (χ3v) is 7.85. The van der Waals surface area contributed by atoms with Gasteiger partial charge in [0.25, 0.3) is 0 Å². The van der Waals surface area contributed by atoms with Crippen molar-refractivity contribution in [2.45, 2.75) is 29.2 Å². The highest BCUT2D eigenvalue weighted by Gasteiger charge is 2.14. The predicted octanol–water partition coefficient (Wildman–Crippen LogP) is 3.74. The van der Waals surface area contributed by atoms with Gasteiger partial charge in [-0.15, -0.1) is 18.2 Å². The maximum Gasteiger partial charge on any atom is 0.248 e. The molecular weight excluding hydrogens is 424 g/mol. The largest absolute Gasteiger partial charge is 0.305 e. The summed E-state index contributed by atoms with van der Waals surface area (Å²) in [5.74, 6) is 2.16. The molecule has 0 aliphatic rings. The first-order valence-electron chi connectivity index (χ1n) is 8.91. The number of benzene rings is 2. The minimum absolute atomic E-state index is 0.0619. The van der Waals surface area contributed by atoms with Crippen molar-refractivity contribution in [2.24, 2.45) is 4.99 Å². The van der Waals surface area contributed by atoms with Crippen LogP contribution in [0.15, 0.2) is 63.3 Å². The molecule has 0 aliphatic heterocycles. The number of sulfone groups is 1. The first kappa shape index (κ1) is 21.4. The highest BCUT2D eigenvalue weighted by Crippen LogP contribution is 2.24. The smallest absolute Gasteiger partial charge is 0.248 e. The van der Waals surface area contributed by atoms with Crippen molar-refractivity contribution in [2.75, 3.05) is 12.0 Å². The fourth-order valence-corrected chi connectivity index (χ4v) is 5.76. The molecule has 0 bridgehead atoms. The van der Waals surface area contributed by atoms with Crippen molar-refractivity contribution >= 4 is 49.1 Å². The third-order valence-electron chi connectivity index (χ3n) is 4.27. The number of hydrogen-bond donors (Lipinski definition) is 0. The second-order valence-corrected chi connectivity index (χ2v) is 10.2. The Morgan fingerprint density at radius 3 is 2.69 bits per heavy atom. The highest BCUT2D eigenvalue weighted by molar-refractivity contribution is 7.98. The summed E-state index contributed by atoms with van der Waals surface area (Å²) < 4.78 is 27.5. The Balaban J connectivity index is 1.77. The molecule has 0 atom stereocenters. The van der Waals surface area contributed by atoms with E-state index in [0.29, 0.717) is 11.3 Å². The van der Waals surface area contributed by atoms with Crippen molar-refractivity contribution in [1.82, 2.24) is 4.57 Å². The van der Waals surface area contributed by atoms with Gasteiger partial charge in [-0.1, -0.05) is 35.5 Å². The van der Waals surface area contributed by atoms with Gasteiger partial charge >= 0.3 is 0 Å². The summed E-state index contributed by atoms with van der Waals surface area (Å²) in [5.41, 5.74) is 0.934. The lowest BCUT2D eigenvalue weighted by Gasteiger charge is -2.03. The van der Waals surface area contributed by atoms with E-state index < -0.39 is 9.84 Å². The number of thiazole rings is 1. The molecule has 0 saturated heterocycles. The van der Waals surface area contributed by atoms with E-state index in [-0.39, 0.29) is 29.4 Å². The Morgan fingerprint density at radius 1 is 1.24 bits per heavy atom. The zero-order chi connectivity index (χ0) is 20.9. The Hall–Kier alpha value is -2.34. The number of aromatic nitrogens is 1. The zero-order valence-electron chi connectivity index (χ0n) is 15.9. The molecule has 0 aliphatic carbocycles. The number of carbonyl (C=O) groups excluding carboxylic acids is 1. The number of nitrogens with zero attached hydrogens (tertiary/aromatic N) is 2. The summed E-state index contributed by atoms with van der Waals surface area (Å²) in [6, 6.07) is 14.3. The molecule has 3 aromatic rings. The summed E-state index contributed by atoms with van der Waals surface area (Å²) in [7, 11) is -3.40. The number of carbonyl (C=O) groups is 1. The Bertz CT molecular complexity index is 1230. The van der Waals surface area contributed by atoms with Crippen LogP contribution < -0.4 is 4.80 Å². The number of fused-ring (bicyclic) bond motifs is 1. The summed E-state index contributed by atoms with van der Waals surface area (Å²) in [6.45, 7) is 0.313. The number of rotatable bonds is 7. The number of hydrogen-bond acceptors (Lipinski definition) is 5. The molecule has 2 aromatic carbocycles. The maximum absolute atomic E-state index is 12.4. The van der Waals surface area contributed by atoms with Gasteiger partial charge in [-0.05, 0) is 43.0 Å². The van der Waals surface area contributed by atoms with Crippen LogP contribution in [0.2, 0.25) is 0 Å². The van der Waals surface area contributed by atoms with E-state index in [0.717, 1.165) is 15.1 Å². The van der Waals surface area contributed by atoms with Gasteiger partial charge in [0.2, 0.25) is 5.91 Å². The van der Waals surface area contributed by atoms with Crippen LogP contribution in [0.25, 0.3) is 10.2 Å². The van der Waals surface area contributed by atoms with Gasteiger partial charge in [-0.3, -0.25) is 4.79 Å². The highest BCUT2D eigenvalue weighted by atomic mass is 32.2. The van der Waals surface area contributed by atoms with Gasteiger partial charge in [-0.25, -0.2) is 8.42 Å². The molecule has 0 N–H and O–H groups in total. The minimum atomic E-state index is -3.40. The van der Waals surface area contributed by atoms with E-state index >= 15 is 0 Å². The molecule has 150 valence electrons. The quantitative estimate of drug-likeness (QED) is 0.411. The van der Waals surface area contributed by atoms with Crippen LogP contribution in [0.1, 0.15) is 12.8 Å². The lowest BCUT2D eigenvalue weighted by Crippen LogP contribution is -2.16. The van der Waals surface area contributed by atoms with Gasteiger partial charge in [0.15, 0.2) is 14.6 Å². The van der Waals surface area contributed by atoms with Gasteiger partial charge in [0, 0.05) is 11.3 Å². The number of amides is 1. The van der Waals surface area contributed by atoms with Gasteiger partial charge in [0.05, 0.1) is 27.4 Å². The molecule has 0 fully saturated rings. The molecular formula is C21H20N2O3S3. The summed E-state index contributed by atoms with van der Waals surface area (Å²) >= 11 is 3.05. The van der Waals surface area contributed by atoms with Crippen molar-refractivity contribution in [1.29, 1.82) is 0 Å². The monoisotopic (exact) mass is 444 g/mol. The van der Waals surface area contributed by atoms with Gasteiger partial charge in [0.1, 0.15) is 0 Å². The average Bonchev–Trinajstić information content (AvgIpc) is 3.05. The van der Waals surface area contributed by atoms with Crippen LogP contribution >= 0.6 is 23.1 Å². The maximum atomic E-state index is 12.4. The molecule has 5 nitrogen and oxygen atoms in total. The standard InChI is InChI=1S/C21H20N2O3S3/c1-3-13-23-18-12-11-16(27-2)15-19(18)28-21(23)22-20(24)10-7-14-29(25,26)17-8-5-4-6-9-17/h1,4-6,8-9,11-12,15H,7,10,13-14H2,2H3. The average molecular weight is 445 g/mol. The lowest BCUT2D eigenvalue weighted by molar-refractivity contribution is -0.118. The summed E-state index contributed by atoms with van der Waals surface area (Å²) in [5, 5.41) is 0. The SMILES string of the molecule is C#CCn1c(=NC(=O)CCCS(=O)(=O)c2ccccc2)sc2cc(SC)ccc21. The Labute approximate surface area is 178 Å². The van der Waals surface area contributed by atoms with E-state index in [2.05, 4.69) is 10.9 Å². The van der Waals surface area contributed by atoms with Gasteiger partial charge in [-0.2, -0.15) is 4.99 Å².